The Bertz CT molecular complexity index is 886. The molecule has 0 aliphatic rings. The van der Waals surface area contributed by atoms with Crippen LogP contribution < -0.4 is 5.32 Å². The number of esters is 1. The van der Waals surface area contributed by atoms with Crippen LogP contribution >= 0.6 is 7.82 Å². The van der Waals surface area contributed by atoms with Crippen LogP contribution in [0.3, 0.4) is 0 Å². The van der Waals surface area contributed by atoms with E-state index in [2.05, 4.69) is 31.3 Å². The van der Waals surface area contributed by atoms with Crippen LogP contribution in [-0.4, -0.2) is 54.3 Å². The Balaban J connectivity index is 3.57. The molecule has 53 heavy (non-hydrogen) atoms. The summed E-state index contributed by atoms with van der Waals surface area (Å²) in [5.74, 6) is -0.516. The van der Waals surface area contributed by atoms with Crippen molar-refractivity contribution >= 4 is 19.7 Å². The summed E-state index contributed by atoms with van der Waals surface area (Å²) in [6, 6.07) is 0. The lowest BCUT2D eigenvalue weighted by molar-refractivity contribution is -0.147. The summed E-state index contributed by atoms with van der Waals surface area (Å²) in [6.45, 7) is 3.57. The summed E-state index contributed by atoms with van der Waals surface area (Å²) >= 11 is 0. The summed E-state index contributed by atoms with van der Waals surface area (Å²) in [6.07, 6.45) is 41.4. The molecule has 1 amide bonds. The second kappa shape index (κ2) is 40.4. The summed E-state index contributed by atoms with van der Waals surface area (Å²) < 4.78 is 26.9. The molecule has 0 heterocycles. The van der Waals surface area contributed by atoms with Crippen LogP contribution in [0, 0.1) is 0 Å². The maximum Gasteiger partial charge on any atom is 0.472 e. The molecule has 0 saturated carbocycles. The van der Waals surface area contributed by atoms with Crippen molar-refractivity contribution in [3.8, 4) is 0 Å². The maximum atomic E-state index is 12.1. The van der Waals surface area contributed by atoms with Crippen LogP contribution in [0.5, 0.6) is 0 Å². The number of phosphoric ester groups is 1. The molecule has 0 rings (SSSR count). The minimum atomic E-state index is -4.41. The third-order valence-electron chi connectivity index (χ3n) is 9.70. The molecule has 3 N–H and O–H groups in total. The summed E-state index contributed by atoms with van der Waals surface area (Å²) in [4.78, 5) is 33.9. The van der Waals surface area contributed by atoms with E-state index in [1.807, 2.05) is 0 Å². The molecule has 0 bridgehead atoms. The van der Waals surface area contributed by atoms with E-state index in [1.54, 1.807) is 0 Å². The highest BCUT2D eigenvalue weighted by Gasteiger charge is 2.23. The third-order valence-corrected chi connectivity index (χ3v) is 10.7. The van der Waals surface area contributed by atoms with Gasteiger partial charge in [0.1, 0.15) is 12.7 Å². The van der Waals surface area contributed by atoms with Crippen molar-refractivity contribution in [3.63, 3.8) is 0 Å². The van der Waals surface area contributed by atoms with E-state index in [9.17, 15) is 24.2 Å². The normalized spacial score (nSPS) is 13.4. The number of aliphatic hydroxyl groups is 1. The standard InChI is InChI=1S/C43H84NO8P/c1-3-5-7-9-11-13-15-17-19-20-22-24-26-28-30-32-34-36-43(47)50-39-41(45)40-52-53(48,49)51-38-37-44-42(46)35-33-31-29-27-25-23-21-18-16-14-12-10-8-6-4-2/h18,21,41,45H,3-17,19-20,22-40H2,1-2H3,(H,44,46)(H,48,49)/b21-18-. The highest BCUT2D eigenvalue weighted by molar-refractivity contribution is 7.47. The number of aliphatic hydroxyl groups excluding tert-OH is 1. The lowest BCUT2D eigenvalue weighted by atomic mass is 10.0. The van der Waals surface area contributed by atoms with E-state index in [0.717, 1.165) is 44.9 Å². The Kier molecular flexibility index (Phi) is 39.5. The Morgan fingerprint density at radius 3 is 1.42 bits per heavy atom. The van der Waals surface area contributed by atoms with Gasteiger partial charge in [-0.3, -0.25) is 18.6 Å². The molecule has 0 radical (unpaired) electrons. The van der Waals surface area contributed by atoms with Crippen LogP contribution in [0.1, 0.15) is 219 Å². The molecule has 0 aliphatic heterocycles. The fraction of sp³-hybridized carbons (Fsp3) is 0.907. The molecule has 0 aromatic heterocycles. The van der Waals surface area contributed by atoms with E-state index >= 15 is 0 Å². The van der Waals surface area contributed by atoms with Crippen LogP contribution in [0.4, 0.5) is 0 Å². The van der Waals surface area contributed by atoms with Crippen molar-refractivity contribution in [2.45, 2.75) is 225 Å². The summed E-state index contributed by atoms with van der Waals surface area (Å²) in [5, 5.41) is 12.7. The van der Waals surface area contributed by atoms with Crippen molar-refractivity contribution in [3.05, 3.63) is 12.2 Å². The lowest BCUT2D eigenvalue weighted by Gasteiger charge is -2.15. The first-order valence-corrected chi connectivity index (χ1v) is 23.7. The fourth-order valence-corrected chi connectivity index (χ4v) is 7.07. The number of allylic oxidation sites excluding steroid dienone is 2. The molecule has 9 nitrogen and oxygen atoms in total. The summed E-state index contributed by atoms with van der Waals surface area (Å²) in [7, 11) is -4.41. The summed E-state index contributed by atoms with van der Waals surface area (Å²) in [5.41, 5.74) is 0. The number of phosphoric acid groups is 1. The van der Waals surface area contributed by atoms with Gasteiger partial charge in [-0.2, -0.15) is 0 Å². The maximum absolute atomic E-state index is 12.1. The number of amides is 1. The molecule has 10 heteroatoms. The van der Waals surface area contributed by atoms with Gasteiger partial charge < -0.3 is 20.1 Å². The quantitative estimate of drug-likeness (QED) is 0.0242. The van der Waals surface area contributed by atoms with Gasteiger partial charge in [-0.05, 0) is 38.5 Å². The van der Waals surface area contributed by atoms with Gasteiger partial charge in [-0.25, -0.2) is 4.57 Å². The minimum Gasteiger partial charge on any atom is -0.463 e. The molecule has 314 valence electrons. The topological polar surface area (TPSA) is 131 Å². The van der Waals surface area contributed by atoms with Gasteiger partial charge in [0, 0.05) is 19.4 Å². The molecular formula is C43H84NO8P. The average Bonchev–Trinajstić information content (AvgIpc) is 3.14. The molecular weight excluding hydrogens is 689 g/mol. The predicted octanol–water partition coefficient (Wildman–Crippen LogP) is 12.2. The van der Waals surface area contributed by atoms with Crippen molar-refractivity contribution in [1.82, 2.24) is 5.32 Å². The molecule has 2 atom stereocenters. The number of carbonyl (C=O) groups is 2. The molecule has 0 spiro atoms. The highest BCUT2D eigenvalue weighted by Crippen LogP contribution is 2.42. The molecule has 0 fully saturated rings. The Morgan fingerprint density at radius 1 is 0.566 bits per heavy atom. The van der Waals surface area contributed by atoms with Crippen molar-refractivity contribution in [2.24, 2.45) is 0 Å². The largest absolute Gasteiger partial charge is 0.472 e. The number of unbranched alkanes of at least 4 members (excludes halogenated alkanes) is 27. The van der Waals surface area contributed by atoms with Crippen LogP contribution in [0.25, 0.3) is 0 Å². The zero-order valence-corrected chi connectivity index (χ0v) is 35.4. The van der Waals surface area contributed by atoms with Gasteiger partial charge in [0.15, 0.2) is 0 Å². The molecule has 0 aromatic rings. The molecule has 0 saturated heterocycles. The van der Waals surface area contributed by atoms with Crippen molar-refractivity contribution < 1.29 is 37.9 Å². The highest BCUT2D eigenvalue weighted by atomic mass is 31.2. The van der Waals surface area contributed by atoms with E-state index in [0.29, 0.717) is 6.42 Å². The van der Waals surface area contributed by atoms with E-state index in [-0.39, 0.29) is 32.1 Å². The smallest absolute Gasteiger partial charge is 0.463 e. The predicted molar refractivity (Wildman–Crippen MR) is 220 cm³/mol. The number of rotatable bonds is 42. The van der Waals surface area contributed by atoms with Gasteiger partial charge >= 0.3 is 13.8 Å². The molecule has 0 aliphatic carbocycles. The first kappa shape index (κ1) is 51.8. The molecule has 2 unspecified atom stereocenters. The van der Waals surface area contributed by atoms with Gasteiger partial charge in [-0.1, -0.05) is 180 Å². The van der Waals surface area contributed by atoms with E-state index in [4.69, 9.17) is 13.8 Å². The van der Waals surface area contributed by atoms with Crippen molar-refractivity contribution in [1.29, 1.82) is 0 Å². The minimum absolute atomic E-state index is 0.0807. The zero-order valence-electron chi connectivity index (χ0n) is 34.5. The Morgan fingerprint density at radius 2 is 0.962 bits per heavy atom. The van der Waals surface area contributed by atoms with Gasteiger partial charge in [0.2, 0.25) is 5.91 Å². The second-order valence-electron chi connectivity index (χ2n) is 15.0. The van der Waals surface area contributed by atoms with Crippen molar-refractivity contribution in [2.75, 3.05) is 26.4 Å². The van der Waals surface area contributed by atoms with Crippen LogP contribution in [0.2, 0.25) is 0 Å². The Hall–Kier alpha value is -1.25. The fourth-order valence-electron chi connectivity index (χ4n) is 6.32. The van der Waals surface area contributed by atoms with Gasteiger partial charge in [-0.15, -0.1) is 0 Å². The number of carbonyl (C=O) groups excluding carboxylic acids is 2. The SMILES string of the molecule is CCCCCCCC/C=C\CCCCCCCC(=O)NCCOP(=O)(O)OCC(O)COC(=O)CCCCCCCCCCCCCCCCCCC. The number of ether oxygens (including phenoxy) is 1. The number of hydrogen-bond acceptors (Lipinski definition) is 7. The van der Waals surface area contributed by atoms with Gasteiger partial charge in [0.05, 0.1) is 13.2 Å². The monoisotopic (exact) mass is 774 g/mol. The van der Waals surface area contributed by atoms with Crippen LogP contribution in [-0.2, 0) is 27.9 Å². The number of nitrogens with one attached hydrogen (secondary N) is 1. The Labute approximate surface area is 326 Å². The number of hydrogen-bond donors (Lipinski definition) is 3. The molecule has 0 aromatic carbocycles. The van der Waals surface area contributed by atoms with Gasteiger partial charge in [0.25, 0.3) is 0 Å². The average molecular weight is 774 g/mol. The van der Waals surface area contributed by atoms with Crippen LogP contribution in [0.15, 0.2) is 12.2 Å². The van der Waals surface area contributed by atoms with E-state index in [1.165, 1.54) is 148 Å². The third kappa shape index (κ3) is 41.7. The first-order valence-electron chi connectivity index (χ1n) is 22.2. The second-order valence-corrected chi connectivity index (χ2v) is 16.5. The van der Waals surface area contributed by atoms with E-state index < -0.39 is 26.5 Å². The lowest BCUT2D eigenvalue weighted by Crippen LogP contribution is -2.27. The zero-order chi connectivity index (χ0) is 38.9. The first-order chi connectivity index (χ1) is 25.8.